The van der Waals surface area contributed by atoms with Gasteiger partial charge in [0.25, 0.3) is 0 Å². The third-order valence-electron chi connectivity index (χ3n) is 3.70. The van der Waals surface area contributed by atoms with Gasteiger partial charge in [-0.3, -0.25) is 0 Å². The van der Waals surface area contributed by atoms with Gasteiger partial charge in [0, 0.05) is 12.0 Å². The second-order valence-electron chi connectivity index (χ2n) is 5.38. The maximum absolute atomic E-state index is 14.2. The number of hydrogen-bond acceptors (Lipinski definition) is 3. The third-order valence-corrected chi connectivity index (χ3v) is 3.70. The van der Waals surface area contributed by atoms with E-state index >= 15 is 0 Å². The lowest BCUT2D eigenvalue weighted by atomic mass is 10.1. The monoisotopic (exact) mass is 325 g/mol. The van der Waals surface area contributed by atoms with Crippen molar-refractivity contribution in [3.8, 4) is 22.7 Å². The molecule has 0 atom stereocenters. The number of nitrogens with two attached hydrogens (primary N) is 1. The molecule has 0 aliphatic heterocycles. The summed E-state index contributed by atoms with van der Waals surface area (Å²) in [6.07, 6.45) is 0.644. The van der Waals surface area contributed by atoms with E-state index < -0.39 is 0 Å². The molecule has 0 radical (unpaired) electrons. The van der Waals surface area contributed by atoms with Crippen molar-refractivity contribution in [1.29, 1.82) is 0 Å². The zero-order chi connectivity index (χ0) is 16.9. The molecule has 4 nitrogen and oxygen atoms in total. The minimum atomic E-state index is -0.274. The van der Waals surface area contributed by atoms with Crippen LogP contribution in [0.3, 0.4) is 0 Å². The van der Waals surface area contributed by atoms with Crippen LogP contribution in [-0.2, 0) is 6.42 Å². The molecule has 0 amide bonds. The lowest BCUT2D eigenvalue weighted by Crippen LogP contribution is -2.04. The van der Waals surface area contributed by atoms with E-state index in [2.05, 4.69) is 5.10 Å². The minimum absolute atomic E-state index is 0.274. The van der Waals surface area contributed by atoms with Crippen LogP contribution in [0.15, 0.2) is 54.6 Å². The minimum Gasteiger partial charge on any atom is -0.494 e. The van der Waals surface area contributed by atoms with Crippen molar-refractivity contribution in [2.24, 2.45) is 5.73 Å². The van der Waals surface area contributed by atoms with E-state index in [0.29, 0.717) is 30.8 Å². The molecule has 1 heterocycles. The Balaban J connectivity index is 2.07. The Morgan fingerprint density at radius 1 is 1.12 bits per heavy atom. The van der Waals surface area contributed by atoms with Crippen LogP contribution in [0.4, 0.5) is 4.39 Å². The Kier molecular flexibility index (Phi) is 4.91. The molecule has 3 aromatic rings. The summed E-state index contributed by atoms with van der Waals surface area (Å²) in [5.74, 6) is 0.520. The Morgan fingerprint density at radius 3 is 2.54 bits per heavy atom. The summed E-state index contributed by atoms with van der Waals surface area (Å²) in [5.41, 5.74) is 8.55. The summed E-state index contributed by atoms with van der Waals surface area (Å²) in [7, 11) is 0. The molecule has 0 spiro atoms. The Hall–Kier alpha value is -2.66. The van der Waals surface area contributed by atoms with E-state index in [1.54, 1.807) is 16.8 Å². The molecule has 24 heavy (non-hydrogen) atoms. The van der Waals surface area contributed by atoms with Gasteiger partial charge >= 0.3 is 0 Å². The van der Waals surface area contributed by atoms with Crippen molar-refractivity contribution >= 4 is 0 Å². The summed E-state index contributed by atoms with van der Waals surface area (Å²) in [4.78, 5) is 0. The molecule has 0 fully saturated rings. The largest absolute Gasteiger partial charge is 0.494 e. The van der Waals surface area contributed by atoms with Crippen molar-refractivity contribution in [3.05, 3.63) is 66.1 Å². The fourth-order valence-electron chi connectivity index (χ4n) is 2.61. The summed E-state index contributed by atoms with van der Waals surface area (Å²) in [5, 5.41) is 4.59. The molecule has 0 unspecified atom stereocenters. The van der Waals surface area contributed by atoms with Crippen LogP contribution in [0.5, 0.6) is 5.75 Å². The van der Waals surface area contributed by atoms with Gasteiger partial charge in [0.15, 0.2) is 0 Å². The van der Waals surface area contributed by atoms with E-state index in [4.69, 9.17) is 10.5 Å². The van der Waals surface area contributed by atoms with Crippen LogP contribution in [0.25, 0.3) is 16.9 Å². The molecular formula is C19H20FN3O. The summed E-state index contributed by atoms with van der Waals surface area (Å²) in [6.45, 7) is 3.05. The molecule has 3 rings (SSSR count). The summed E-state index contributed by atoms with van der Waals surface area (Å²) in [6, 6.07) is 16.2. The number of hydrogen-bond donors (Lipinski definition) is 1. The van der Waals surface area contributed by atoms with Gasteiger partial charge in [0.2, 0.25) is 0 Å². The van der Waals surface area contributed by atoms with Crippen molar-refractivity contribution in [1.82, 2.24) is 9.78 Å². The highest BCUT2D eigenvalue weighted by molar-refractivity contribution is 5.63. The SMILES string of the molecule is CCOc1ccc(-n2nc(CCN)cc2-c2ccccc2F)cc1. The molecule has 0 saturated carbocycles. The molecule has 124 valence electrons. The molecule has 0 aliphatic rings. The molecule has 2 N–H and O–H groups in total. The van der Waals surface area contributed by atoms with E-state index in [0.717, 1.165) is 17.1 Å². The number of nitrogens with zero attached hydrogens (tertiary/aromatic N) is 2. The van der Waals surface area contributed by atoms with Crippen molar-refractivity contribution < 1.29 is 9.13 Å². The molecule has 0 saturated heterocycles. The maximum atomic E-state index is 14.2. The van der Waals surface area contributed by atoms with Gasteiger partial charge in [0.05, 0.1) is 23.7 Å². The van der Waals surface area contributed by atoms with Crippen LogP contribution in [0.2, 0.25) is 0 Å². The molecule has 0 bridgehead atoms. The van der Waals surface area contributed by atoms with Gasteiger partial charge < -0.3 is 10.5 Å². The van der Waals surface area contributed by atoms with Crippen molar-refractivity contribution in [2.75, 3.05) is 13.2 Å². The zero-order valence-corrected chi connectivity index (χ0v) is 13.6. The summed E-state index contributed by atoms with van der Waals surface area (Å²) < 4.78 is 21.5. The Labute approximate surface area is 140 Å². The normalized spacial score (nSPS) is 10.8. The molecule has 5 heteroatoms. The van der Waals surface area contributed by atoms with E-state index in [9.17, 15) is 4.39 Å². The van der Waals surface area contributed by atoms with Crippen LogP contribution in [0, 0.1) is 5.82 Å². The molecule has 0 aliphatic carbocycles. The smallest absolute Gasteiger partial charge is 0.132 e. The van der Waals surface area contributed by atoms with Gasteiger partial charge in [-0.25, -0.2) is 9.07 Å². The fraction of sp³-hybridized carbons (Fsp3) is 0.211. The highest BCUT2D eigenvalue weighted by Gasteiger charge is 2.14. The topological polar surface area (TPSA) is 53.1 Å². The Morgan fingerprint density at radius 2 is 1.88 bits per heavy atom. The average Bonchev–Trinajstić information content (AvgIpc) is 3.00. The fourth-order valence-corrected chi connectivity index (χ4v) is 2.61. The van der Waals surface area contributed by atoms with Crippen LogP contribution < -0.4 is 10.5 Å². The first-order chi connectivity index (χ1) is 11.7. The zero-order valence-electron chi connectivity index (χ0n) is 13.6. The Bertz CT molecular complexity index is 812. The lowest BCUT2D eigenvalue weighted by molar-refractivity contribution is 0.340. The maximum Gasteiger partial charge on any atom is 0.132 e. The van der Waals surface area contributed by atoms with Crippen LogP contribution in [0.1, 0.15) is 12.6 Å². The second-order valence-corrected chi connectivity index (χ2v) is 5.38. The number of halogens is 1. The van der Waals surface area contributed by atoms with E-state index in [1.165, 1.54) is 6.07 Å². The predicted octanol–water partition coefficient (Wildman–Crippen LogP) is 3.58. The first-order valence-corrected chi connectivity index (χ1v) is 8.00. The van der Waals surface area contributed by atoms with E-state index in [-0.39, 0.29) is 5.82 Å². The number of ether oxygens (including phenoxy) is 1. The predicted molar refractivity (Wildman–Crippen MR) is 92.9 cm³/mol. The lowest BCUT2D eigenvalue weighted by Gasteiger charge is -2.09. The van der Waals surface area contributed by atoms with Crippen LogP contribution in [-0.4, -0.2) is 22.9 Å². The van der Waals surface area contributed by atoms with Crippen molar-refractivity contribution in [2.45, 2.75) is 13.3 Å². The first kappa shape index (κ1) is 16.2. The average molecular weight is 325 g/mol. The van der Waals surface area contributed by atoms with Crippen molar-refractivity contribution in [3.63, 3.8) is 0 Å². The molecule has 2 aromatic carbocycles. The van der Waals surface area contributed by atoms with Gasteiger partial charge in [0.1, 0.15) is 11.6 Å². The number of rotatable bonds is 6. The van der Waals surface area contributed by atoms with Gasteiger partial charge in [-0.05, 0) is 55.9 Å². The third kappa shape index (κ3) is 3.31. The molecular weight excluding hydrogens is 305 g/mol. The molecule has 1 aromatic heterocycles. The first-order valence-electron chi connectivity index (χ1n) is 8.00. The van der Waals surface area contributed by atoms with Gasteiger partial charge in [-0.15, -0.1) is 0 Å². The highest BCUT2D eigenvalue weighted by atomic mass is 19.1. The van der Waals surface area contributed by atoms with Gasteiger partial charge in [-0.1, -0.05) is 12.1 Å². The second kappa shape index (κ2) is 7.27. The number of benzene rings is 2. The van der Waals surface area contributed by atoms with E-state index in [1.807, 2.05) is 43.3 Å². The highest BCUT2D eigenvalue weighted by Crippen LogP contribution is 2.27. The number of aromatic nitrogens is 2. The van der Waals surface area contributed by atoms with Gasteiger partial charge in [-0.2, -0.15) is 5.10 Å². The van der Waals surface area contributed by atoms with Crippen LogP contribution >= 0.6 is 0 Å². The quantitative estimate of drug-likeness (QED) is 0.754. The summed E-state index contributed by atoms with van der Waals surface area (Å²) >= 11 is 0. The standard InChI is InChI=1S/C19H20FN3O/c1-2-24-16-9-7-15(8-10-16)23-19(13-14(22-23)11-12-21)17-5-3-4-6-18(17)20/h3-10,13H,2,11-12,21H2,1H3.